The summed E-state index contributed by atoms with van der Waals surface area (Å²) in [5.41, 5.74) is 1.13. The van der Waals surface area contributed by atoms with Gasteiger partial charge in [0, 0.05) is 58.6 Å². The maximum atomic E-state index is 13.3. The Bertz CT molecular complexity index is 2560. The molecule has 0 aliphatic heterocycles. The highest BCUT2D eigenvalue weighted by Gasteiger charge is 2.36. The second kappa shape index (κ2) is 20.2. The van der Waals surface area contributed by atoms with Crippen molar-refractivity contribution in [3.63, 3.8) is 0 Å². The first-order valence-corrected chi connectivity index (χ1v) is 18.8. The standard InChI is InChI=1S/C44H40N6O13/c1-23(2)63-37-34(22-21-33(36(37)52)42(56)46-30-13-5-25(6-14-30)24(3)51)48-40(54)26-7-17-31(18-8-26)47-43(57)38(62-4)35(44(58)59)49-41(55)27-9-15-29(16-10-27)45-39(53)28-11-19-32(20-12-28)50(60)61/h5-23,35,38,52H,1-4H3,(H,45,53)(H,46,56)(H,47,57)(H,48,54)(H,49,55)(H,58,59). The molecule has 63 heavy (non-hydrogen) atoms. The maximum absolute atomic E-state index is 13.3. The first kappa shape index (κ1) is 45.6. The average molecular weight is 861 g/mol. The third-order valence-electron chi connectivity index (χ3n) is 9.05. The van der Waals surface area contributed by atoms with Crippen molar-refractivity contribution in [2.45, 2.75) is 39.0 Å². The summed E-state index contributed by atoms with van der Waals surface area (Å²) < 4.78 is 11.0. The second-order valence-corrected chi connectivity index (χ2v) is 13.9. The minimum absolute atomic E-state index is 0.0211. The molecule has 19 nitrogen and oxygen atoms in total. The number of aliphatic carboxylic acids is 1. The molecule has 19 heteroatoms. The van der Waals surface area contributed by atoms with Crippen LogP contribution in [0, 0.1) is 10.1 Å². The lowest BCUT2D eigenvalue weighted by molar-refractivity contribution is -0.384. The van der Waals surface area contributed by atoms with Gasteiger partial charge in [0.2, 0.25) is 0 Å². The fourth-order valence-electron chi connectivity index (χ4n) is 5.84. The molecule has 2 atom stereocenters. The van der Waals surface area contributed by atoms with Crippen LogP contribution in [0.1, 0.15) is 72.6 Å². The van der Waals surface area contributed by atoms with Crippen molar-refractivity contribution in [2.75, 3.05) is 28.4 Å². The number of nitro benzene ring substituents is 1. The Balaban J connectivity index is 1.21. The second-order valence-electron chi connectivity index (χ2n) is 13.9. The van der Waals surface area contributed by atoms with Gasteiger partial charge in [-0.2, -0.15) is 0 Å². The van der Waals surface area contributed by atoms with Gasteiger partial charge in [0.25, 0.3) is 35.2 Å². The van der Waals surface area contributed by atoms with E-state index in [0.29, 0.717) is 11.3 Å². The van der Waals surface area contributed by atoms with Crippen LogP contribution in [0.25, 0.3) is 0 Å². The van der Waals surface area contributed by atoms with Crippen LogP contribution in [-0.4, -0.2) is 81.8 Å². The van der Waals surface area contributed by atoms with E-state index in [1.165, 1.54) is 104 Å². The number of carbonyl (C=O) groups excluding carboxylic acids is 6. The van der Waals surface area contributed by atoms with Gasteiger partial charge in [0.05, 0.1) is 22.3 Å². The predicted molar refractivity (Wildman–Crippen MR) is 228 cm³/mol. The summed E-state index contributed by atoms with van der Waals surface area (Å²) in [5, 5.41) is 44.5. The van der Waals surface area contributed by atoms with Crippen molar-refractivity contribution in [3.05, 3.63) is 147 Å². The number of phenolic OH excluding ortho intramolecular Hbond substituents is 1. The number of nitrogens with one attached hydrogen (secondary N) is 5. The number of ether oxygens (including phenoxy) is 2. The molecule has 0 radical (unpaired) electrons. The van der Waals surface area contributed by atoms with Crippen molar-refractivity contribution in [2.24, 2.45) is 0 Å². The fourth-order valence-corrected chi connectivity index (χ4v) is 5.84. The van der Waals surface area contributed by atoms with Crippen molar-refractivity contribution in [1.82, 2.24) is 5.32 Å². The number of nitro groups is 1. The molecule has 0 aromatic heterocycles. The number of aromatic hydroxyl groups is 1. The van der Waals surface area contributed by atoms with Crippen LogP contribution >= 0.6 is 0 Å². The molecular formula is C44H40N6O13. The molecule has 0 saturated heterocycles. The van der Waals surface area contributed by atoms with Crippen LogP contribution in [0.15, 0.2) is 109 Å². The zero-order valence-electron chi connectivity index (χ0n) is 34.0. The molecular weight excluding hydrogens is 821 g/mol. The Morgan fingerprint density at radius 3 is 1.56 bits per heavy atom. The van der Waals surface area contributed by atoms with E-state index in [2.05, 4.69) is 26.6 Å². The Morgan fingerprint density at radius 1 is 0.619 bits per heavy atom. The van der Waals surface area contributed by atoms with Gasteiger partial charge >= 0.3 is 5.97 Å². The van der Waals surface area contributed by atoms with Crippen LogP contribution in [0.5, 0.6) is 11.5 Å². The number of non-ortho nitro benzene ring substituents is 1. The molecule has 0 spiro atoms. The zero-order chi connectivity index (χ0) is 46.0. The minimum atomic E-state index is -1.87. The summed E-state index contributed by atoms with van der Waals surface area (Å²) in [6.45, 7) is 4.77. The number of ketones is 1. The van der Waals surface area contributed by atoms with Crippen molar-refractivity contribution in [3.8, 4) is 11.5 Å². The largest absolute Gasteiger partial charge is 0.504 e. The Hall–Kier alpha value is -8.45. The number of hydrogen-bond acceptors (Lipinski definition) is 12. The van der Waals surface area contributed by atoms with E-state index in [0.717, 1.165) is 7.11 Å². The molecule has 0 aliphatic rings. The molecule has 0 heterocycles. The molecule has 2 unspecified atom stereocenters. The molecule has 324 valence electrons. The SMILES string of the molecule is COC(C(=O)Nc1ccc(C(=O)Nc2ccc(C(=O)Nc3ccc(C(C)=O)cc3)c(O)c2OC(C)C)cc1)C(NC(=O)c1ccc(NC(=O)c2ccc([N+](=O)[O-])cc2)cc1)C(=O)O. The number of anilines is 4. The number of carboxylic acids is 1. The molecule has 0 fully saturated rings. The highest BCUT2D eigenvalue weighted by molar-refractivity contribution is 6.10. The van der Waals surface area contributed by atoms with Gasteiger partial charge in [-0.1, -0.05) is 0 Å². The Morgan fingerprint density at radius 2 is 1.08 bits per heavy atom. The first-order valence-electron chi connectivity index (χ1n) is 18.8. The van der Waals surface area contributed by atoms with Gasteiger partial charge in [0.1, 0.15) is 0 Å². The summed E-state index contributed by atoms with van der Waals surface area (Å²) in [5.74, 6) is -6.20. The maximum Gasteiger partial charge on any atom is 0.329 e. The summed E-state index contributed by atoms with van der Waals surface area (Å²) in [6, 6.07) is 22.6. The molecule has 5 amide bonds. The highest BCUT2D eigenvalue weighted by atomic mass is 16.6. The van der Waals surface area contributed by atoms with E-state index < -0.39 is 64.4 Å². The number of amides is 5. The topological polar surface area (TPSA) is 282 Å². The fraction of sp³-hybridized carbons (Fsp3) is 0.159. The summed E-state index contributed by atoms with van der Waals surface area (Å²) in [4.78, 5) is 99.5. The lowest BCUT2D eigenvalue weighted by Gasteiger charge is -2.23. The van der Waals surface area contributed by atoms with Crippen molar-refractivity contribution in [1.29, 1.82) is 0 Å². The van der Waals surface area contributed by atoms with Gasteiger partial charge < -0.3 is 46.3 Å². The van der Waals surface area contributed by atoms with Gasteiger partial charge in [-0.15, -0.1) is 0 Å². The average Bonchev–Trinajstić information content (AvgIpc) is 3.25. The van der Waals surface area contributed by atoms with Crippen LogP contribution in [0.3, 0.4) is 0 Å². The summed E-state index contributed by atoms with van der Waals surface area (Å²) in [7, 11) is 1.07. The molecule has 0 aliphatic carbocycles. The van der Waals surface area contributed by atoms with Crippen molar-refractivity contribution >= 4 is 69.7 Å². The number of Topliss-reactive ketones (excluding diaryl/α,β-unsaturated/α-hetero) is 1. The van der Waals surface area contributed by atoms with Crippen LogP contribution in [0.4, 0.5) is 28.4 Å². The van der Waals surface area contributed by atoms with Crippen LogP contribution in [-0.2, 0) is 14.3 Å². The number of carbonyl (C=O) groups is 7. The number of phenols is 1. The number of benzene rings is 5. The lowest BCUT2D eigenvalue weighted by Crippen LogP contribution is -2.54. The Labute approximate surface area is 358 Å². The number of hydrogen-bond donors (Lipinski definition) is 7. The third-order valence-corrected chi connectivity index (χ3v) is 9.05. The van der Waals surface area contributed by atoms with Crippen LogP contribution in [0.2, 0.25) is 0 Å². The third kappa shape index (κ3) is 11.6. The number of rotatable bonds is 17. The van der Waals surface area contributed by atoms with E-state index in [1.807, 2.05) is 0 Å². The van der Waals surface area contributed by atoms with Gasteiger partial charge in [0.15, 0.2) is 29.4 Å². The van der Waals surface area contributed by atoms with E-state index >= 15 is 0 Å². The van der Waals surface area contributed by atoms with Crippen LogP contribution < -0.4 is 31.3 Å². The van der Waals surface area contributed by atoms with E-state index in [9.17, 15) is 53.9 Å². The number of nitrogens with zero attached hydrogens (tertiary/aromatic N) is 1. The molecule has 0 bridgehead atoms. The number of methoxy groups -OCH3 is 1. The molecule has 7 N–H and O–H groups in total. The van der Waals surface area contributed by atoms with E-state index in [4.69, 9.17) is 9.47 Å². The number of carboxylic acid groups (broad SMARTS) is 1. The smallest absolute Gasteiger partial charge is 0.329 e. The summed E-state index contributed by atoms with van der Waals surface area (Å²) in [6.07, 6.45) is -2.22. The minimum Gasteiger partial charge on any atom is -0.504 e. The predicted octanol–water partition coefficient (Wildman–Crippen LogP) is 5.88. The molecule has 5 aromatic rings. The lowest BCUT2D eigenvalue weighted by atomic mass is 10.1. The van der Waals surface area contributed by atoms with Gasteiger partial charge in [-0.05, 0) is 118 Å². The monoisotopic (exact) mass is 860 g/mol. The van der Waals surface area contributed by atoms with E-state index in [1.54, 1.807) is 26.0 Å². The normalized spacial score (nSPS) is 11.6. The van der Waals surface area contributed by atoms with Crippen molar-refractivity contribution < 1.29 is 58.2 Å². The quantitative estimate of drug-likeness (QED) is 0.0327. The Kier molecular flexibility index (Phi) is 14.6. The van der Waals surface area contributed by atoms with E-state index in [-0.39, 0.29) is 56.5 Å². The highest BCUT2D eigenvalue weighted by Crippen LogP contribution is 2.39. The molecule has 5 rings (SSSR count). The molecule has 0 saturated carbocycles. The summed E-state index contributed by atoms with van der Waals surface area (Å²) >= 11 is 0. The van der Waals surface area contributed by atoms with Gasteiger partial charge in [-0.3, -0.25) is 38.9 Å². The molecule has 5 aromatic carbocycles. The zero-order valence-corrected chi connectivity index (χ0v) is 34.0. The first-order chi connectivity index (χ1) is 29.9. The van der Waals surface area contributed by atoms with Gasteiger partial charge in [-0.25, -0.2) is 4.79 Å².